The van der Waals surface area contributed by atoms with Crippen LogP contribution in [0.25, 0.3) is 10.2 Å². The smallest absolute Gasteiger partial charge is 0.233 e. The molecule has 0 saturated heterocycles. The van der Waals surface area contributed by atoms with E-state index in [9.17, 15) is 0 Å². The quantitative estimate of drug-likeness (QED) is 0.796. The molecule has 0 bridgehead atoms. The summed E-state index contributed by atoms with van der Waals surface area (Å²) < 4.78 is 11.2. The molecule has 0 radical (unpaired) electrons. The zero-order valence-electron chi connectivity index (χ0n) is 11.8. The van der Waals surface area contributed by atoms with Crippen molar-refractivity contribution >= 4 is 27.5 Å². The van der Waals surface area contributed by atoms with Gasteiger partial charge in [0.15, 0.2) is 11.5 Å². The Labute approximate surface area is 126 Å². The predicted molar refractivity (Wildman–Crippen MR) is 84.3 cm³/mol. The first-order valence-electron chi connectivity index (χ1n) is 6.58. The van der Waals surface area contributed by atoms with Gasteiger partial charge < -0.3 is 15.2 Å². The Hall–Kier alpha value is -2.34. The van der Waals surface area contributed by atoms with E-state index in [4.69, 9.17) is 15.2 Å². The maximum atomic E-state index is 5.90. The summed E-state index contributed by atoms with van der Waals surface area (Å²) in [4.78, 5) is 10.5. The van der Waals surface area contributed by atoms with Gasteiger partial charge in [-0.25, -0.2) is 4.98 Å². The van der Waals surface area contributed by atoms with Crippen molar-refractivity contribution in [2.24, 2.45) is 0 Å². The lowest BCUT2D eigenvalue weighted by atomic mass is 10.3. The lowest BCUT2D eigenvalue weighted by molar-refractivity contribution is 0.376. The van der Waals surface area contributed by atoms with Crippen LogP contribution in [0.4, 0.5) is 5.95 Å². The van der Waals surface area contributed by atoms with E-state index < -0.39 is 0 Å². The van der Waals surface area contributed by atoms with E-state index >= 15 is 0 Å². The molecule has 2 heterocycles. The van der Waals surface area contributed by atoms with E-state index in [0.29, 0.717) is 17.4 Å². The number of nitrogens with two attached hydrogens (primary N) is 1. The highest BCUT2D eigenvalue weighted by Gasteiger charge is 2.14. The predicted octanol–water partition coefficient (Wildman–Crippen LogP) is 3.64. The number of methoxy groups -OCH3 is 1. The van der Waals surface area contributed by atoms with Crippen molar-refractivity contribution in [2.45, 2.75) is 13.3 Å². The van der Waals surface area contributed by atoms with E-state index in [1.165, 1.54) is 4.88 Å². The Bertz CT molecular complexity index is 786. The Balaban J connectivity index is 2.09. The van der Waals surface area contributed by atoms with Crippen LogP contribution < -0.4 is 15.2 Å². The third kappa shape index (κ3) is 2.62. The number of hydrogen-bond acceptors (Lipinski definition) is 6. The summed E-state index contributed by atoms with van der Waals surface area (Å²) in [5.41, 5.74) is 5.77. The monoisotopic (exact) mass is 301 g/mol. The number of benzene rings is 1. The van der Waals surface area contributed by atoms with Crippen LogP contribution in [-0.4, -0.2) is 17.1 Å². The van der Waals surface area contributed by atoms with Gasteiger partial charge in [0.2, 0.25) is 11.8 Å². The number of fused-ring (bicyclic) bond motifs is 1. The van der Waals surface area contributed by atoms with Gasteiger partial charge in [-0.05, 0) is 24.6 Å². The van der Waals surface area contributed by atoms with Crippen molar-refractivity contribution < 1.29 is 9.47 Å². The number of para-hydroxylation sites is 2. The number of nitrogen functional groups attached to an aromatic ring is 1. The maximum Gasteiger partial charge on any atom is 0.233 e. The van der Waals surface area contributed by atoms with Crippen molar-refractivity contribution in [3.63, 3.8) is 0 Å². The summed E-state index contributed by atoms with van der Waals surface area (Å²) in [6.07, 6.45) is 0.940. The first-order valence-corrected chi connectivity index (χ1v) is 7.39. The zero-order valence-corrected chi connectivity index (χ0v) is 12.6. The van der Waals surface area contributed by atoms with E-state index in [1.807, 2.05) is 30.3 Å². The van der Waals surface area contributed by atoms with Gasteiger partial charge in [-0.2, -0.15) is 4.98 Å². The van der Waals surface area contributed by atoms with Gasteiger partial charge in [-0.1, -0.05) is 19.1 Å². The molecule has 0 spiro atoms. The first kappa shape index (κ1) is 13.6. The third-order valence-corrected chi connectivity index (χ3v) is 4.22. The Morgan fingerprint density at radius 1 is 1.19 bits per heavy atom. The molecule has 3 rings (SSSR count). The lowest BCUT2D eigenvalue weighted by Crippen LogP contribution is -1.98. The number of anilines is 1. The van der Waals surface area contributed by atoms with Crippen LogP contribution >= 0.6 is 11.3 Å². The van der Waals surface area contributed by atoms with Gasteiger partial charge in [-0.15, -0.1) is 11.3 Å². The zero-order chi connectivity index (χ0) is 14.8. The lowest BCUT2D eigenvalue weighted by Gasteiger charge is -2.10. The van der Waals surface area contributed by atoms with E-state index in [1.54, 1.807) is 18.4 Å². The number of nitrogens with zero attached hydrogens (tertiary/aromatic N) is 2. The van der Waals surface area contributed by atoms with Gasteiger partial charge >= 0.3 is 0 Å². The van der Waals surface area contributed by atoms with Gasteiger partial charge in [0.1, 0.15) is 4.83 Å². The van der Waals surface area contributed by atoms with Crippen LogP contribution in [0.5, 0.6) is 17.4 Å². The molecule has 108 valence electrons. The van der Waals surface area contributed by atoms with Gasteiger partial charge in [-0.3, -0.25) is 0 Å². The van der Waals surface area contributed by atoms with Crippen LogP contribution in [0.3, 0.4) is 0 Å². The van der Waals surface area contributed by atoms with Crippen LogP contribution in [0.1, 0.15) is 11.8 Å². The van der Waals surface area contributed by atoms with Crippen molar-refractivity contribution in [1.29, 1.82) is 0 Å². The maximum absolute atomic E-state index is 5.90. The molecule has 0 unspecified atom stereocenters. The van der Waals surface area contributed by atoms with Gasteiger partial charge in [0, 0.05) is 4.88 Å². The Kier molecular flexibility index (Phi) is 3.62. The standard InChI is InChI=1S/C15H15N3O2S/c1-3-9-8-10-13(17-15(16)18-14(10)21-9)20-12-7-5-4-6-11(12)19-2/h4-8H,3H2,1-2H3,(H2,16,17,18). The third-order valence-electron chi connectivity index (χ3n) is 3.05. The highest BCUT2D eigenvalue weighted by Crippen LogP contribution is 2.36. The molecule has 0 aliphatic heterocycles. The number of aromatic nitrogens is 2. The Morgan fingerprint density at radius 3 is 2.67 bits per heavy atom. The number of hydrogen-bond donors (Lipinski definition) is 1. The average molecular weight is 301 g/mol. The topological polar surface area (TPSA) is 70.3 Å². The molecule has 0 aliphatic rings. The van der Waals surface area contributed by atoms with Crippen LogP contribution in [-0.2, 0) is 6.42 Å². The SMILES string of the molecule is CCc1cc2c(Oc3ccccc3OC)nc(N)nc2s1. The number of aryl methyl sites for hydroxylation is 1. The molecular formula is C15H15N3O2S. The average Bonchev–Trinajstić information content (AvgIpc) is 2.91. The van der Waals surface area contributed by atoms with Crippen molar-refractivity contribution in [3.05, 3.63) is 35.2 Å². The van der Waals surface area contributed by atoms with Gasteiger partial charge in [0.25, 0.3) is 0 Å². The molecule has 3 aromatic rings. The summed E-state index contributed by atoms with van der Waals surface area (Å²) in [6, 6.07) is 9.47. The molecule has 0 aliphatic carbocycles. The van der Waals surface area contributed by atoms with Crippen LogP contribution in [0.15, 0.2) is 30.3 Å². The van der Waals surface area contributed by atoms with Crippen molar-refractivity contribution in [1.82, 2.24) is 9.97 Å². The number of thiophene rings is 1. The molecule has 0 fully saturated rings. The molecule has 5 nitrogen and oxygen atoms in total. The summed E-state index contributed by atoms with van der Waals surface area (Å²) >= 11 is 1.60. The molecule has 2 N–H and O–H groups in total. The molecule has 1 aromatic carbocycles. The molecule has 2 aromatic heterocycles. The minimum atomic E-state index is 0.205. The normalized spacial score (nSPS) is 10.8. The highest BCUT2D eigenvalue weighted by molar-refractivity contribution is 7.18. The largest absolute Gasteiger partial charge is 0.493 e. The minimum Gasteiger partial charge on any atom is -0.493 e. The van der Waals surface area contributed by atoms with Crippen molar-refractivity contribution in [2.75, 3.05) is 12.8 Å². The fraction of sp³-hybridized carbons (Fsp3) is 0.200. The van der Waals surface area contributed by atoms with Crippen LogP contribution in [0, 0.1) is 0 Å². The highest BCUT2D eigenvalue weighted by atomic mass is 32.1. The molecule has 0 atom stereocenters. The molecule has 0 saturated carbocycles. The summed E-state index contributed by atoms with van der Waals surface area (Å²) in [6.45, 7) is 2.10. The minimum absolute atomic E-state index is 0.205. The first-order chi connectivity index (χ1) is 10.2. The van der Waals surface area contributed by atoms with E-state index in [-0.39, 0.29) is 5.95 Å². The van der Waals surface area contributed by atoms with E-state index in [0.717, 1.165) is 16.6 Å². The molecule has 21 heavy (non-hydrogen) atoms. The van der Waals surface area contributed by atoms with Gasteiger partial charge in [0.05, 0.1) is 12.5 Å². The second-order valence-electron chi connectivity index (χ2n) is 4.42. The van der Waals surface area contributed by atoms with E-state index in [2.05, 4.69) is 16.9 Å². The second-order valence-corrected chi connectivity index (χ2v) is 5.54. The second kappa shape index (κ2) is 5.57. The fourth-order valence-corrected chi connectivity index (χ4v) is 2.99. The Morgan fingerprint density at radius 2 is 1.95 bits per heavy atom. The summed E-state index contributed by atoms with van der Waals surface area (Å²) in [5, 5.41) is 0.872. The summed E-state index contributed by atoms with van der Waals surface area (Å²) in [5.74, 6) is 1.91. The number of ether oxygens (including phenoxy) is 2. The van der Waals surface area contributed by atoms with Crippen LogP contribution in [0.2, 0.25) is 0 Å². The molecule has 6 heteroatoms. The fourth-order valence-electron chi connectivity index (χ4n) is 2.02. The summed E-state index contributed by atoms with van der Waals surface area (Å²) in [7, 11) is 1.60. The number of rotatable bonds is 4. The molecule has 0 amide bonds. The van der Waals surface area contributed by atoms with Crippen molar-refractivity contribution in [3.8, 4) is 17.4 Å². The molecular weight excluding hydrogens is 286 g/mol.